The number of rotatable bonds is 9. The van der Waals surface area contributed by atoms with Crippen molar-refractivity contribution in [3.05, 3.63) is 65.5 Å². The van der Waals surface area contributed by atoms with E-state index in [-0.39, 0.29) is 5.69 Å². The van der Waals surface area contributed by atoms with E-state index in [2.05, 4.69) is 29.8 Å². The SMILES string of the molecule is COc1cc(C(=O)NNC(=O)c2ccn(-c3cc(C)ccc3OC)n2)ccc1OCCC(C)C. The third kappa shape index (κ3) is 6.06. The van der Waals surface area contributed by atoms with Crippen LogP contribution in [0.2, 0.25) is 0 Å². The number of benzene rings is 2. The Morgan fingerprint density at radius 1 is 0.941 bits per heavy atom. The zero-order valence-corrected chi connectivity index (χ0v) is 20.0. The predicted octanol–water partition coefficient (Wildman–Crippen LogP) is 3.70. The number of hydrogen-bond donors (Lipinski definition) is 2. The average molecular weight is 467 g/mol. The molecule has 0 radical (unpaired) electrons. The van der Waals surface area contributed by atoms with Crippen molar-refractivity contribution >= 4 is 11.8 Å². The lowest BCUT2D eigenvalue weighted by Crippen LogP contribution is -2.41. The molecule has 180 valence electrons. The first-order valence-corrected chi connectivity index (χ1v) is 10.9. The number of hydrazine groups is 1. The van der Waals surface area contributed by atoms with E-state index in [0.717, 1.165) is 12.0 Å². The maximum atomic E-state index is 12.5. The van der Waals surface area contributed by atoms with Gasteiger partial charge in [-0.3, -0.25) is 20.4 Å². The Kier molecular flexibility index (Phi) is 8.13. The third-order valence-electron chi connectivity index (χ3n) is 5.07. The largest absolute Gasteiger partial charge is 0.494 e. The van der Waals surface area contributed by atoms with E-state index in [1.807, 2.05) is 25.1 Å². The number of aryl methyl sites for hydroxylation is 1. The van der Waals surface area contributed by atoms with Gasteiger partial charge < -0.3 is 14.2 Å². The van der Waals surface area contributed by atoms with Gasteiger partial charge in [-0.15, -0.1) is 0 Å². The van der Waals surface area contributed by atoms with E-state index in [0.29, 0.717) is 41.0 Å². The molecule has 9 nitrogen and oxygen atoms in total. The maximum absolute atomic E-state index is 12.5. The Labute approximate surface area is 199 Å². The Bertz CT molecular complexity index is 1160. The van der Waals surface area contributed by atoms with Crippen LogP contribution in [0.5, 0.6) is 17.2 Å². The molecule has 3 rings (SSSR count). The van der Waals surface area contributed by atoms with Crippen LogP contribution in [-0.2, 0) is 0 Å². The van der Waals surface area contributed by atoms with Gasteiger partial charge in [0.2, 0.25) is 0 Å². The van der Waals surface area contributed by atoms with Gasteiger partial charge in [-0.05, 0) is 61.2 Å². The molecule has 34 heavy (non-hydrogen) atoms. The van der Waals surface area contributed by atoms with Gasteiger partial charge in [0.1, 0.15) is 11.4 Å². The summed E-state index contributed by atoms with van der Waals surface area (Å²) in [6.45, 7) is 6.74. The Hall–Kier alpha value is -4.01. The topological polar surface area (TPSA) is 104 Å². The molecule has 0 atom stereocenters. The summed E-state index contributed by atoms with van der Waals surface area (Å²) < 4.78 is 18.0. The van der Waals surface area contributed by atoms with Crippen LogP contribution in [0.3, 0.4) is 0 Å². The minimum Gasteiger partial charge on any atom is -0.494 e. The van der Waals surface area contributed by atoms with Crippen LogP contribution in [-0.4, -0.2) is 42.4 Å². The highest BCUT2D eigenvalue weighted by Gasteiger charge is 2.15. The minimum atomic E-state index is -0.556. The van der Waals surface area contributed by atoms with Gasteiger partial charge >= 0.3 is 0 Å². The maximum Gasteiger partial charge on any atom is 0.290 e. The van der Waals surface area contributed by atoms with Gasteiger partial charge in [0.25, 0.3) is 11.8 Å². The number of aromatic nitrogens is 2. The second-order valence-electron chi connectivity index (χ2n) is 8.13. The number of nitrogens with zero attached hydrogens (tertiary/aromatic N) is 2. The lowest BCUT2D eigenvalue weighted by molar-refractivity contribution is 0.0843. The highest BCUT2D eigenvalue weighted by molar-refractivity contribution is 5.98. The fourth-order valence-electron chi connectivity index (χ4n) is 3.14. The van der Waals surface area contributed by atoms with Crippen molar-refractivity contribution in [1.82, 2.24) is 20.6 Å². The Morgan fingerprint density at radius 3 is 2.35 bits per heavy atom. The summed E-state index contributed by atoms with van der Waals surface area (Å²) in [5.41, 5.74) is 6.95. The van der Waals surface area contributed by atoms with E-state index >= 15 is 0 Å². The zero-order valence-electron chi connectivity index (χ0n) is 20.0. The van der Waals surface area contributed by atoms with Crippen LogP contribution in [0, 0.1) is 12.8 Å². The van der Waals surface area contributed by atoms with E-state index in [1.54, 1.807) is 42.3 Å². The predicted molar refractivity (Wildman–Crippen MR) is 128 cm³/mol. The molecule has 2 N–H and O–H groups in total. The molecular weight excluding hydrogens is 436 g/mol. The minimum absolute atomic E-state index is 0.135. The van der Waals surface area contributed by atoms with Crippen LogP contribution in [0.4, 0.5) is 0 Å². The van der Waals surface area contributed by atoms with E-state index in [1.165, 1.54) is 7.11 Å². The second kappa shape index (κ2) is 11.2. The number of amides is 2. The normalized spacial score (nSPS) is 10.6. The quantitative estimate of drug-likeness (QED) is 0.466. The summed E-state index contributed by atoms with van der Waals surface area (Å²) >= 11 is 0. The lowest BCUT2D eigenvalue weighted by atomic mass is 10.1. The molecule has 0 spiro atoms. The zero-order chi connectivity index (χ0) is 24.7. The van der Waals surface area contributed by atoms with Crippen molar-refractivity contribution < 1.29 is 23.8 Å². The summed E-state index contributed by atoms with van der Waals surface area (Å²) in [6.07, 6.45) is 2.56. The molecule has 0 aliphatic carbocycles. The molecule has 9 heteroatoms. The fourth-order valence-corrected chi connectivity index (χ4v) is 3.14. The van der Waals surface area contributed by atoms with Crippen LogP contribution in [0.1, 0.15) is 46.7 Å². The molecule has 1 heterocycles. The average Bonchev–Trinajstić information content (AvgIpc) is 3.32. The molecule has 1 aromatic heterocycles. The molecule has 3 aromatic rings. The van der Waals surface area contributed by atoms with Crippen molar-refractivity contribution in [3.63, 3.8) is 0 Å². The third-order valence-corrected chi connectivity index (χ3v) is 5.07. The number of nitrogens with one attached hydrogen (secondary N) is 2. The van der Waals surface area contributed by atoms with E-state index in [4.69, 9.17) is 14.2 Å². The number of methoxy groups -OCH3 is 2. The molecule has 0 bridgehead atoms. The van der Waals surface area contributed by atoms with Crippen LogP contribution < -0.4 is 25.1 Å². The number of carbonyl (C=O) groups excluding carboxylic acids is 2. The van der Waals surface area contributed by atoms with Crippen LogP contribution >= 0.6 is 0 Å². The monoisotopic (exact) mass is 466 g/mol. The summed E-state index contributed by atoms with van der Waals surface area (Å²) in [5, 5.41) is 4.30. The molecule has 2 amide bonds. The van der Waals surface area contributed by atoms with Crippen molar-refractivity contribution in [3.8, 4) is 22.9 Å². The number of ether oxygens (including phenoxy) is 3. The first-order valence-electron chi connectivity index (χ1n) is 10.9. The van der Waals surface area contributed by atoms with Crippen LogP contribution in [0.25, 0.3) is 5.69 Å². The van der Waals surface area contributed by atoms with Gasteiger partial charge in [0.05, 0.1) is 20.8 Å². The van der Waals surface area contributed by atoms with Crippen molar-refractivity contribution in [2.45, 2.75) is 27.2 Å². The molecule has 0 saturated heterocycles. The fraction of sp³-hybridized carbons (Fsp3) is 0.320. The highest BCUT2D eigenvalue weighted by atomic mass is 16.5. The van der Waals surface area contributed by atoms with Gasteiger partial charge in [0, 0.05) is 11.8 Å². The van der Waals surface area contributed by atoms with Gasteiger partial charge in [-0.2, -0.15) is 5.10 Å². The molecule has 0 aliphatic heterocycles. The first kappa shape index (κ1) is 24.6. The van der Waals surface area contributed by atoms with Crippen molar-refractivity contribution in [2.75, 3.05) is 20.8 Å². The van der Waals surface area contributed by atoms with Gasteiger partial charge in [-0.1, -0.05) is 19.9 Å². The van der Waals surface area contributed by atoms with E-state index in [9.17, 15) is 9.59 Å². The molecule has 0 saturated carbocycles. The van der Waals surface area contributed by atoms with Gasteiger partial charge in [0.15, 0.2) is 17.2 Å². The summed E-state index contributed by atoms with van der Waals surface area (Å²) in [6, 6.07) is 12.1. The number of hydrogen-bond acceptors (Lipinski definition) is 6. The standard InChI is InChI=1S/C25H30N4O5/c1-16(2)11-13-34-22-9-7-18(15-23(22)33-5)24(30)26-27-25(31)19-10-12-29(28-19)20-14-17(3)6-8-21(20)32-4/h6-10,12,14-16H,11,13H2,1-5H3,(H,26,30)(H,27,31). The van der Waals surface area contributed by atoms with Crippen LogP contribution in [0.15, 0.2) is 48.7 Å². The Morgan fingerprint density at radius 2 is 1.65 bits per heavy atom. The molecule has 2 aromatic carbocycles. The first-order chi connectivity index (χ1) is 16.3. The molecule has 0 aliphatic rings. The van der Waals surface area contributed by atoms with Crippen molar-refractivity contribution in [2.24, 2.45) is 5.92 Å². The van der Waals surface area contributed by atoms with Gasteiger partial charge in [-0.25, -0.2) is 4.68 Å². The molecule has 0 fully saturated rings. The highest BCUT2D eigenvalue weighted by Crippen LogP contribution is 2.28. The van der Waals surface area contributed by atoms with E-state index < -0.39 is 11.8 Å². The second-order valence-corrected chi connectivity index (χ2v) is 8.13. The summed E-state index contributed by atoms with van der Waals surface area (Å²) in [7, 11) is 3.08. The Balaban J connectivity index is 1.63. The summed E-state index contributed by atoms with van der Waals surface area (Å²) in [5.74, 6) is 1.08. The van der Waals surface area contributed by atoms with Crippen molar-refractivity contribution in [1.29, 1.82) is 0 Å². The molecular formula is C25H30N4O5. The number of carbonyl (C=O) groups is 2. The molecule has 0 unspecified atom stereocenters. The smallest absolute Gasteiger partial charge is 0.290 e. The summed E-state index contributed by atoms with van der Waals surface area (Å²) in [4.78, 5) is 25.1. The lowest BCUT2D eigenvalue weighted by Gasteiger charge is -2.13.